The highest BCUT2D eigenvalue weighted by atomic mass is 31.2. The molecule has 0 aromatic heterocycles. The van der Waals surface area contributed by atoms with Crippen LogP contribution in [-0.2, 0) is 18.4 Å². The molecular formula is C56H109N2O6P. The molecule has 1 amide bonds. The fourth-order valence-corrected chi connectivity index (χ4v) is 8.92. The largest absolute Gasteiger partial charge is 0.756 e. The Hall–Kier alpha value is -1.28. The summed E-state index contributed by atoms with van der Waals surface area (Å²) in [5.74, 6) is -0.211. The quantitative estimate of drug-likeness (QED) is 0.0272. The number of phosphoric ester groups is 1. The summed E-state index contributed by atoms with van der Waals surface area (Å²) < 4.78 is 23.3. The van der Waals surface area contributed by atoms with Crippen LogP contribution in [-0.4, -0.2) is 68.5 Å². The van der Waals surface area contributed by atoms with Crippen LogP contribution >= 0.6 is 7.82 Å². The first-order valence-corrected chi connectivity index (χ1v) is 29.3. The number of nitrogens with zero attached hydrogens (tertiary/aromatic N) is 1. The number of aliphatic hydroxyl groups excluding tert-OH is 1. The van der Waals surface area contributed by atoms with Crippen molar-refractivity contribution in [1.29, 1.82) is 0 Å². The summed E-state index contributed by atoms with van der Waals surface area (Å²) in [6.45, 7) is 4.59. The summed E-state index contributed by atoms with van der Waals surface area (Å²) in [5.41, 5.74) is 0. The number of rotatable bonds is 51. The zero-order chi connectivity index (χ0) is 47.8. The Kier molecular flexibility index (Phi) is 46.8. The van der Waals surface area contributed by atoms with Crippen LogP contribution < -0.4 is 10.2 Å². The van der Waals surface area contributed by atoms with Crippen LogP contribution in [0.4, 0.5) is 0 Å². The average molecular weight is 937 g/mol. The van der Waals surface area contributed by atoms with Gasteiger partial charge < -0.3 is 28.8 Å². The maximum absolute atomic E-state index is 12.9. The number of hydrogen-bond acceptors (Lipinski definition) is 6. The Morgan fingerprint density at radius 2 is 0.923 bits per heavy atom. The molecule has 0 heterocycles. The standard InChI is InChI=1S/C56H109N2O6P/c1-6-8-10-12-14-16-18-20-21-22-23-24-25-26-27-28-29-30-31-32-33-34-35-36-38-39-41-43-45-47-49-55(59)54(53-64-65(61,62)63-52-51-58(3,4)5)57-56(60)50-48-46-44-42-40-37-19-17-15-13-11-9-7-2/h11,13,17,19,47,49,54-55,59H,6-10,12,14-16,18,20-46,48,50-53H2,1-5H3,(H-,57,60,61,62)/b13-11-,19-17-,49-47+. The fourth-order valence-electron chi connectivity index (χ4n) is 8.19. The van der Waals surface area contributed by atoms with E-state index in [9.17, 15) is 19.4 Å². The maximum atomic E-state index is 12.9. The summed E-state index contributed by atoms with van der Waals surface area (Å²) >= 11 is 0. The van der Waals surface area contributed by atoms with Gasteiger partial charge in [-0.1, -0.05) is 249 Å². The van der Waals surface area contributed by atoms with Gasteiger partial charge in [-0.2, -0.15) is 0 Å². The monoisotopic (exact) mass is 937 g/mol. The predicted molar refractivity (Wildman–Crippen MR) is 279 cm³/mol. The zero-order valence-corrected chi connectivity index (χ0v) is 44.6. The smallest absolute Gasteiger partial charge is 0.268 e. The fraction of sp³-hybridized carbons (Fsp3) is 0.875. The molecule has 0 aliphatic carbocycles. The van der Waals surface area contributed by atoms with Crippen molar-refractivity contribution in [3.63, 3.8) is 0 Å². The third-order valence-corrected chi connectivity index (χ3v) is 13.5. The Morgan fingerprint density at radius 1 is 0.538 bits per heavy atom. The van der Waals surface area contributed by atoms with E-state index in [-0.39, 0.29) is 19.1 Å². The van der Waals surface area contributed by atoms with Crippen LogP contribution in [0.5, 0.6) is 0 Å². The van der Waals surface area contributed by atoms with Crippen LogP contribution in [0.3, 0.4) is 0 Å². The lowest BCUT2D eigenvalue weighted by Crippen LogP contribution is -2.45. The SMILES string of the molecule is CCC/C=C\C/C=C\CCCCCCCC(=O)NC(COP(=O)([O-])OCC[N+](C)(C)C)C(O)/C=C/CCCCCCCCCCCCCCCCCCCCCCCCCCCCCC. The number of nitrogens with one attached hydrogen (secondary N) is 1. The lowest BCUT2D eigenvalue weighted by molar-refractivity contribution is -0.870. The molecule has 0 spiro atoms. The van der Waals surface area contributed by atoms with Gasteiger partial charge in [0.1, 0.15) is 13.2 Å². The molecule has 0 radical (unpaired) electrons. The van der Waals surface area contributed by atoms with Crippen LogP contribution in [0.1, 0.15) is 264 Å². The molecule has 8 nitrogen and oxygen atoms in total. The Morgan fingerprint density at radius 3 is 1.34 bits per heavy atom. The van der Waals surface area contributed by atoms with E-state index in [1.807, 2.05) is 27.2 Å². The molecule has 0 fully saturated rings. The molecule has 2 N–H and O–H groups in total. The van der Waals surface area contributed by atoms with Gasteiger partial charge in [-0.25, -0.2) is 0 Å². The first-order valence-electron chi connectivity index (χ1n) is 27.9. The Labute approximate surface area is 404 Å². The highest BCUT2D eigenvalue weighted by Gasteiger charge is 2.23. The molecule has 9 heteroatoms. The molecule has 384 valence electrons. The Bertz CT molecular complexity index is 1150. The van der Waals surface area contributed by atoms with Crippen molar-refractivity contribution in [3.8, 4) is 0 Å². The first kappa shape index (κ1) is 63.7. The van der Waals surface area contributed by atoms with E-state index >= 15 is 0 Å². The van der Waals surface area contributed by atoms with E-state index in [0.29, 0.717) is 17.4 Å². The minimum atomic E-state index is -4.60. The number of carbonyl (C=O) groups excluding carboxylic acids is 1. The van der Waals surface area contributed by atoms with Gasteiger partial charge in [0.2, 0.25) is 5.91 Å². The highest BCUT2D eigenvalue weighted by Crippen LogP contribution is 2.38. The van der Waals surface area contributed by atoms with Gasteiger partial charge >= 0.3 is 0 Å². The normalized spacial score (nSPS) is 14.3. The maximum Gasteiger partial charge on any atom is 0.268 e. The second-order valence-corrected chi connectivity index (χ2v) is 21.7. The van der Waals surface area contributed by atoms with Crippen molar-refractivity contribution in [2.45, 2.75) is 276 Å². The van der Waals surface area contributed by atoms with Crippen molar-refractivity contribution >= 4 is 13.7 Å². The molecule has 0 saturated heterocycles. The topological polar surface area (TPSA) is 108 Å². The lowest BCUT2D eigenvalue weighted by atomic mass is 10.0. The number of hydrogen-bond donors (Lipinski definition) is 2. The molecule has 0 aliphatic heterocycles. The summed E-state index contributed by atoms with van der Waals surface area (Å²) in [7, 11) is 1.25. The van der Waals surface area contributed by atoms with Crippen LogP contribution in [0, 0.1) is 0 Å². The molecule has 0 saturated carbocycles. The number of quaternary nitrogens is 1. The highest BCUT2D eigenvalue weighted by molar-refractivity contribution is 7.45. The van der Waals surface area contributed by atoms with Gasteiger partial charge in [-0.15, -0.1) is 0 Å². The molecule has 3 atom stereocenters. The average Bonchev–Trinajstić information content (AvgIpc) is 3.26. The number of allylic oxidation sites excluding steroid dienone is 5. The van der Waals surface area contributed by atoms with Crippen molar-refractivity contribution < 1.29 is 32.9 Å². The molecule has 65 heavy (non-hydrogen) atoms. The molecule has 0 rings (SSSR count). The van der Waals surface area contributed by atoms with Crippen molar-refractivity contribution in [1.82, 2.24) is 5.32 Å². The van der Waals surface area contributed by atoms with Gasteiger partial charge in [0.15, 0.2) is 0 Å². The molecule has 0 aromatic rings. The van der Waals surface area contributed by atoms with Crippen LogP contribution in [0.15, 0.2) is 36.5 Å². The zero-order valence-electron chi connectivity index (χ0n) is 43.7. The molecular weight excluding hydrogens is 828 g/mol. The minimum absolute atomic E-state index is 0.00386. The van der Waals surface area contributed by atoms with E-state index < -0.39 is 20.0 Å². The summed E-state index contributed by atoms with van der Waals surface area (Å²) in [5, 5.41) is 13.8. The molecule has 3 unspecified atom stereocenters. The lowest BCUT2D eigenvalue weighted by Gasteiger charge is -2.29. The van der Waals surface area contributed by atoms with Gasteiger partial charge in [-0.3, -0.25) is 9.36 Å². The third kappa shape index (κ3) is 50.4. The molecule has 0 aromatic carbocycles. The van der Waals surface area contributed by atoms with Crippen molar-refractivity contribution in [2.24, 2.45) is 0 Å². The first-order chi connectivity index (χ1) is 31.5. The summed E-state index contributed by atoms with van der Waals surface area (Å²) in [4.78, 5) is 25.4. The molecule has 0 bridgehead atoms. The second kappa shape index (κ2) is 47.8. The number of amides is 1. The van der Waals surface area contributed by atoms with E-state index in [1.54, 1.807) is 6.08 Å². The van der Waals surface area contributed by atoms with Crippen molar-refractivity contribution in [2.75, 3.05) is 40.9 Å². The van der Waals surface area contributed by atoms with Crippen molar-refractivity contribution in [3.05, 3.63) is 36.5 Å². The van der Waals surface area contributed by atoms with E-state index in [4.69, 9.17) is 9.05 Å². The predicted octanol–water partition coefficient (Wildman–Crippen LogP) is 16.0. The number of aliphatic hydroxyl groups is 1. The number of carbonyl (C=O) groups is 1. The van der Waals surface area contributed by atoms with E-state index in [0.717, 1.165) is 70.6 Å². The van der Waals surface area contributed by atoms with Gasteiger partial charge in [-0.05, 0) is 44.9 Å². The van der Waals surface area contributed by atoms with Gasteiger partial charge in [0.05, 0.1) is 39.9 Å². The third-order valence-electron chi connectivity index (χ3n) is 12.6. The number of phosphoric acid groups is 1. The van der Waals surface area contributed by atoms with Gasteiger partial charge in [0, 0.05) is 6.42 Å². The summed E-state index contributed by atoms with van der Waals surface area (Å²) in [6, 6.07) is -0.893. The Balaban J connectivity index is 4.10. The van der Waals surface area contributed by atoms with E-state index in [2.05, 4.69) is 43.5 Å². The summed E-state index contributed by atoms with van der Waals surface area (Å²) in [6.07, 6.45) is 60.9. The number of unbranched alkanes of at least 4 members (excludes halogenated alkanes) is 34. The number of likely N-dealkylation sites (N-methyl/N-ethyl adjacent to an activating group) is 1. The minimum Gasteiger partial charge on any atom is -0.756 e. The second-order valence-electron chi connectivity index (χ2n) is 20.3. The van der Waals surface area contributed by atoms with Crippen LogP contribution in [0.2, 0.25) is 0 Å². The van der Waals surface area contributed by atoms with Crippen LogP contribution in [0.25, 0.3) is 0 Å². The molecule has 0 aliphatic rings. The van der Waals surface area contributed by atoms with Gasteiger partial charge in [0.25, 0.3) is 7.82 Å². The van der Waals surface area contributed by atoms with E-state index in [1.165, 1.54) is 173 Å².